The number of fused-ring (bicyclic) bond motifs is 1. The molecule has 0 unspecified atom stereocenters. The molecule has 0 aliphatic heterocycles. The molecule has 18 heavy (non-hydrogen) atoms. The van der Waals surface area contributed by atoms with E-state index in [1.165, 1.54) is 0 Å². The minimum atomic E-state index is -0.607. The van der Waals surface area contributed by atoms with Crippen molar-refractivity contribution in [3.8, 4) is 0 Å². The fourth-order valence-electron chi connectivity index (χ4n) is 1.51. The molecule has 1 heterocycles. The lowest BCUT2D eigenvalue weighted by molar-refractivity contribution is -0.117. The van der Waals surface area contributed by atoms with Crippen LogP contribution in [-0.4, -0.2) is 15.2 Å². The van der Waals surface area contributed by atoms with Crippen LogP contribution < -0.4 is 5.32 Å². The highest BCUT2D eigenvalue weighted by atomic mass is 79.9. The maximum atomic E-state index is 11.9. The van der Waals surface area contributed by atoms with Crippen LogP contribution >= 0.6 is 31.9 Å². The van der Waals surface area contributed by atoms with E-state index < -0.39 is 4.32 Å². The minimum Gasteiger partial charge on any atom is -0.323 e. The Morgan fingerprint density at radius 2 is 2.11 bits per heavy atom. The van der Waals surface area contributed by atoms with Crippen LogP contribution in [0.15, 0.2) is 34.9 Å². The van der Waals surface area contributed by atoms with Gasteiger partial charge in [-0.2, -0.15) is 0 Å². The second kappa shape index (κ2) is 4.97. The van der Waals surface area contributed by atoms with Gasteiger partial charge in [0.05, 0.1) is 15.5 Å². The minimum absolute atomic E-state index is 0.0975. The fraction of sp³-hybridized carbons (Fsp3) is 0.231. The molecule has 0 aliphatic rings. The molecule has 0 bridgehead atoms. The van der Waals surface area contributed by atoms with Crippen LogP contribution in [0.4, 0.5) is 5.69 Å². The van der Waals surface area contributed by atoms with E-state index in [1.807, 2.05) is 24.3 Å². The number of amides is 1. The van der Waals surface area contributed by atoms with E-state index in [-0.39, 0.29) is 5.91 Å². The number of aromatic nitrogens is 1. The molecule has 0 fully saturated rings. The number of nitrogens with one attached hydrogen (secondary N) is 1. The zero-order valence-electron chi connectivity index (χ0n) is 10.00. The summed E-state index contributed by atoms with van der Waals surface area (Å²) in [5.74, 6) is -0.0975. The van der Waals surface area contributed by atoms with E-state index in [0.29, 0.717) is 0 Å². The zero-order valence-corrected chi connectivity index (χ0v) is 13.2. The molecule has 0 spiro atoms. The van der Waals surface area contributed by atoms with Crippen molar-refractivity contribution in [2.24, 2.45) is 0 Å². The molecular weight excluding hydrogens is 360 g/mol. The second-order valence-corrected chi connectivity index (χ2v) is 7.36. The Kier molecular flexibility index (Phi) is 3.73. The number of carbonyl (C=O) groups is 1. The summed E-state index contributed by atoms with van der Waals surface area (Å²) in [7, 11) is 0. The van der Waals surface area contributed by atoms with Gasteiger partial charge in [-0.05, 0) is 41.9 Å². The maximum absolute atomic E-state index is 11.9. The van der Waals surface area contributed by atoms with Gasteiger partial charge in [-0.1, -0.05) is 28.1 Å². The van der Waals surface area contributed by atoms with Crippen LogP contribution in [0, 0.1) is 0 Å². The second-order valence-electron chi connectivity index (χ2n) is 4.46. The first-order valence-electron chi connectivity index (χ1n) is 5.42. The van der Waals surface area contributed by atoms with E-state index in [4.69, 9.17) is 0 Å². The first-order chi connectivity index (χ1) is 8.38. The summed E-state index contributed by atoms with van der Waals surface area (Å²) >= 11 is 6.72. The van der Waals surface area contributed by atoms with Crippen LogP contribution in [0.2, 0.25) is 0 Å². The Bertz CT molecular complexity index is 605. The van der Waals surface area contributed by atoms with Crippen LogP contribution in [0.25, 0.3) is 10.9 Å². The standard InChI is InChI=1S/C13H12Br2N2O/c1-13(2,15)12(18)17-10-5-3-4-8-6-9(14)7-16-11(8)10/h3-7H,1-2H3,(H,17,18). The Balaban J connectivity index is 2.43. The lowest BCUT2D eigenvalue weighted by Gasteiger charge is -2.16. The Hall–Kier alpha value is -0.940. The van der Waals surface area contributed by atoms with E-state index in [1.54, 1.807) is 20.0 Å². The molecule has 0 saturated carbocycles. The van der Waals surface area contributed by atoms with Crippen molar-refractivity contribution in [3.63, 3.8) is 0 Å². The van der Waals surface area contributed by atoms with Crippen molar-refractivity contribution in [1.82, 2.24) is 4.98 Å². The van der Waals surface area contributed by atoms with Gasteiger partial charge in [-0.3, -0.25) is 9.78 Å². The molecule has 5 heteroatoms. The summed E-state index contributed by atoms with van der Waals surface area (Å²) in [5, 5.41) is 3.86. The molecule has 3 nitrogen and oxygen atoms in total. The normalized spacial score (nSPS) is 11.6. The van der Waals surface area contributed by atoms with E-state index in [0.717, 1.165) is 21.1 Å². The number of para-hydroxylation sites is 1. The summed E-state index contributed by atoms with van der Waals surface area (Å²) in [6.07, 6.45) is 1.72. The molecule has 2 rings (SSSR count). The Morgan fingerprint density at radius 1 is 1.39 bits per heavy atom. The van der Waals surface area contributed by atoms with Crippen LogP contribution in [0.5, 0.6) is 0 Å². The zero-order chi connectivity index (χ0) is 13.3. The van der Waals surface area contributed by atoms with Gasteiger partial charge in [0.15, 0.2) is 0 Å². The van der Waals surface area contributed by atoms with Crippen molar-refractivity contribution in [2.45, 2.75) is 18.2 Å². The first kappa shape index (κ1) is 13.5. The van der Waals surface area contributed by atoms with Gasteiger partial charge in [-0.25, -0.2) is 0 Å². The monoisotopic (exact) mass is 370 g/mol. The van der Waals surface area contributed by atoms with Crippen molar-refractivity contribution >= 4 is 54.4 Å². The maximum Gasteiger partial charge on any atom is 0.240 e. The quantitative estimate of drug-likeness (QED) is 0.807. The molecule has 0 radical (unpaired) electrons. The molecular formula is C13H12Br2N2O. The average Bonchev–Trinajstić information content (AvgIpc) is 2.27. The summed E-state index contributed by atoms with van der Waals surface area (Å²) in [6, 6.07) is 7.67. The van der Waals surface area contributed by atoms with Crippen molar-refractivity contribution in [3.05, 3.63) is 34.9 Å². The molecule has 0 atom stereocenters. The predicted octanol–water partition coefficient (Wildman–Crippen LogP) is 4.11. The molecule has 1 aromatic heterocycles. The molecule has 1 aromatic carbocycles. The molecule has 1 amide bonds. The average molecular weight is 372 g/mol. The van der Waals surface area contributed by atoms with Gasteiger partial charge in [0.2, 0.25) is 5.91 Å². The topological polar surface area (TPSA) is 42.0 Å². The summed E-state index contributed by atoms with van der Waals surface area (Å²) in [6.45, 7) is 3.61. The number of anilines is 1. The molecule has 94 valence electrons. The molecule has 1 N–H and O–H groups in total. The van der Waals surface area contributed by atoms with Gasteiger partial charge in [0.1, 0.15) is 0 Å². The number of hydrogen-bond acceptors (Lipinski definition) is 2. The van der Waals surface area contributed by atoms with Crippen molar-refractivity contribution < 1.29 is 4.79 Å². The Labute approximate surface area is 122 Å². The predicted molar refractivity (Wildman–Crippen MR) is 81.1 cm³/mol. The summed E-state index contributed by atoms with van der Waals surface area (Å²) < 4.78 is 0.309. The van der Waals surface area contributed by atoms with Gasteiger partial charge in [0.25, 0.3) is 0 Å². The van der Waals surface area contributed by atoms with Crippen LogP contribution in [0.3, 0.4) is 0 Å². The van der Waals surface area contributed by atoms with Gasteiger partial charge in [-0.15, -0.1) is 0 Å². The number of pyridine rings is 1. The van der Waals surface area contributed by atoms with Gasteiger partial charge < -0.3 is 5.32 Å². The van der Waals surface area contributed by atoms with E-state index in [9.17, 15) is 4.79 Å². The number of nitrogens with zero attached hydrogens (tertiary/aromatic N) is 1. The van der Waals surface area contributed by atoms with Gasteiger partial charge >= 0.3 is 0 Å². The number of alkyl halides is 1. The number of halogens is 2. The third kappa shape index (κ3) is 2.90. The van der Waals surface area contributed by atoms with E-state index >= 15 is 0 Å². The first-order valence-corrected chi connectivity index (χ1v) is 7.01. The lowest BCUT2D eigenvalue weighted by atomic mass is 10.1. The van der Waals surface area contributed by atoms with E-state index in [2.05, 4.69) is 42.2 Å². The third-order valence-corrected chi connectivity index (χ3v) is 3.26. The highest BCUT2D eigenvalue weighted by molar-refractivity contribution is 9.10. The smallest absolute Gasteiger partial charge is 0.240 e. The third-order valence-electron chi connectivity index (χ3n) is 2.47. The molecule has 0 saturated heterocycles. The van der Waals surface area contributed by atoms with Crippen molar-refractivity contribution in [2.75, 3.05) is 5.32 Å². The largest absolute Gasteiger partial charge is 0.323 e. The number of benzene rings is 1. The highest BCUT2D eigenvalue weighted by Crippen LogP contribution is 2.26. The number of rotatable bonds is 2. The summed E-state index contributed by atoms with van der Waals surface area (Å²) in [5.41, 5.74) is 1.50. The van der Waals surface area contributed by atoms with Crippen LogP contribution in [-0.2, 0) is 4.79 Å². The lowest BCUT2D eigenvalue weighted by Crippen LogP contribution is -2.31. The fourth-order valence-corrected chi connectivity index (χ4v) is 1.95. The summed E-state index contributed by atoms with van der Waals surface area (Å²) in [4.78, 5) is 16.3. The highest BCUT2D eigenvalue weighted by Gasteiger charge is 2.24. The Morgan fingerprint density at radius 3 is 2.78 bits per heavy atom. The SMILES string of the molecule is CC(C)(Br)C(=O)Nc1cccc2cc(Br)cnc12. The number of hydrogen-bond donors (Lipinski definition) is 1. The molecule has 0 aliphatic carbocycles. The van der Waals surface area contributed by atoms with Crippen LogP contribution in [0.1, 0.15) is 13.8 Å². The molecule has 2 aromatic rings. The van der Waals surface area contributed by atoms with Crippen molar-refractivity contribution in [1.29, 1.82) is 0 Å². The number of carbonyl (C=O) groups excluding carboxylic acids is 1. The van der Waals surface area contributed by atoms with Gasteiger partial charge in [0, 0.05) is 16.1 Å².